The van der Waals surface area contributed by atoms with Crippen LogP contribution in [0.5, 0.6) is 0 Å². The van der Waals surface area contributed by atoms with Gasteiger partial charge in [0.15, 0.2) is 8.32 Å². The highest BCUT2D eigenvalue weighted by molar-refractivity contribution is 6.74. The fourth-order valence-electron chi connectivity index (χ4n) is 2.80. The maximum absolute atomic E-state index is 12.2. The van der Waals surface area contributed by atoms with Crippen LogP contribution < -0.4 is 0 Å². The number of benzene rings is 1. The summed E-state index contributed by atoms with van der Waals surface area (Å²) in [5, 5.41) is 0.222. The molecular formula is C20H33NO3Si. The predicted octanol–water partition coefficient (Wildman–Crippen LogP) is 4.41. The van der Waals surface area contributed by atoms with Gasteiger partial charge in [-0.3, -0.25) is 4.79 Å². The Hall–Kier alpha value is -1.17. The Morgan fingerprint density at radius 3 is 2.60 bits per heavy atom. The summed E-state index contributed by atoms with van der Waals surface area (Å²) < 4.78 is 12.3. The van der Waals surface area contributed by atoms with Gasteiger partial charge >= 0.3 is 0 Å². The van der Waals surface area contributed by atoms with Crippen LogP contribution in [0.1, 0.15) is 54.8 Å². The lowest BCUT2D eigenvalue weighted by molar-refractivity contribution is 0.0264. The number of amides is 1. The van der Waals surface area contributed by atoms with Crippen molar-refractivity contribution in [3.8, 4) is 0 Å². The molecule has 1 aromatic carbocycles. The van der Waals surface area contributed by atoms with Crippen molar-refractivity contribution in [3.05, 3.63) is 34.9 Å². The van der Waals surface area contributed by atoms with Crippen molar-refractivity contribution in [1.29, 1.82) is 0 Å². The fraction of sp³-hybridized carbons (Fsp3) is 0.650. The Bertz CT molecular complexity index is 620. The standard InChI is InChI=1S/C20H33NO3Si/c1-20(2,3)25(6,7)24-13-11-18-17-9-8-16(19(22)21(4)5)14-15(17)10-12-23-18/h8-9,14,18H,10-13H2,1-7H3. The normalized spacial score (nSPS) is 18.0. The number of ether oxygens (including phenoxy) is 1. The number of rotatable bonds is 5. The summed E-state index contributed by atoms with van der Waals surface area (Å²) in [6, 6.07) is 6.00. The lowest BCUT2D eigenvalue weighted by Gasteiger charge is -2.37. The highest BCUT2D eigenvalue weighted by Gasteiger charge is 2.37. The summed E-state index contributed by atoms with van der Waals surface area (Å²) in [5.41, 5.74) is 3.19. The minimum absolute atomic E-state index is 0.0482. The van der Waals surface area contributed by atoms with E-state index in [1.165, 1.54) is 11.1 Å². The van der Waals surface area contributed by atoms with Gasteiger partial charge in [0.2, 0.25) is 0 Å². The maximum Gasteiger partial charge on any atom is 0.253 e. The van der Waals surface area contributed by atoms with E-state index in [2.05, 4.69) is 39.9 Å². The van der Waals surface area contributed by atoms with Crippen molar-refractivity contribution in [3.63, 3.8) is 0 Å². The number of hydrogen-bond acceptors (Lipinski definition) is 3. The Labute approximate surface area is 153 Å². The average molecular weight is 364 g/mol. The van der Waals surface area contributed by atoms with E-state index >= 15 is 0 Å². The molecule has 2 rings (SSSR count). The number of carbonyl (C=O) groups is 1. The van der Waals surface area contributed by atoms with Crippen LogP contribution in [0.15, 0.2) is 18.2 Å². The smallest absolute Gasteiger partial charge is 0.253 e. The topological polar surface area (TPSA) is 38.8 Å². The third kappa shape index (κ3) is 4.71. The van der Waals surface area contributed by atoms with Crippen LogP contribution in [0.25, 0.3) is 0 Å². The molecule has 1 heterocycles. The summed E-state index contributed by atoms with van der Waals surface area (Å²) in [6.45, 7) is 12.8. The molecule has 0 saturated heterocycles. The van der Waals surface area contributed by atoms with Crippen LogP contribution in [0, 0.1) is 0 Å². The Morgan fingerprint density at radius 2 is 2.00 bits per heavy atom. The van der Waals surface area contributed by atoms with E-state index < -0.39 is 8.32 Å². The number of nitrogens with zero attached hydrogens (tertiary/aromatic N) is 1. The van der Waals surface area contributed by atoms with Crippen molar-refractivity contribution in [2.24, 2.45) is 0 Å². The van der Waals surface area contributed by atoms with Crippen LogP contribution >= 0.6 is 0 Å². The molecule has 0 aromatic heterocycles. The van der Waals surface area contributed by atoms with Gasteiger partial charge in [-0.15, -0.1) is 0 Å². The first kappa shape index (κ1) is 20.1. The molecule has 1 unspecified atom stereocenters. The van der Waals surface area contributed by atoms with Crippen molar-refractivity contribution in [2.75, 3.05) is 27.3 Å². The second-order valence-electron chi connectivity index (χ2n) is 8.62. The molecule has 1 aliphatic rings. The van der Waals surface area contributed by atoms with Gasteiger partial charge in [0.1, 0.15) is 0 Å². The van der Waals surface area contributed by atoms with Crippen LogP contribution in [0.3, 0.4) is 0 Å². The van der Waals surface area contributed by atoms with Gasteiger partial charge in [-0.25, -0.2) is 0 Å². The first-order valence-corrected chi connectivity index (χ1v) is 12.0. The molecule has 0 bridgehead atoms. The van der Waals surface area contributed by atoms with Gasteiger partial charge in [-0.2, -0.15) is 0 Å². The third-order valence-electron chi connectivity index (χ3n) is 5.48. The quantitative estimate of drug-likeness (QED) is 0.727. The molecule has 0 saturated carbocycles. The monoisotopic (exact) mass is 363 g/mol. The minimum Gasteiger partial charge on any atom is -0.417 e. The Kier molecular flexibility index (Phi) is 6.12. The first-order chi connectivity index (χ1) is 11.5. The molecule has 1 aromatic rings. The minimum atomic E-state index is -1.72. The van der Waals surface area contributed by atoms with Gasteiger partial charge in [0.05, 0.1) is 12.7 Å². The SMILES string of the molecule is CN(C)C(=O)c1ccc2c(c1)CCOC2CCO[Si](C)(C)C(C)(C)C. The molecule has 0 spiro atoms. The van der Waals surface area contributed by atoms with Crippen LogP contribution in [-0.4, -0.2) is 46.4 Å². The van der Waals surface area contributed by atoms with E-state index in [1.807, 2.05) is 12.1 Å². The average Bonchev–Trinajstić information content (AvgIpc) is 2.52. The molecule has 5 heteroatoms. The van der Waals surface area contributed by atoms with E-state index in [0.717, 1.165) is 25.0 Å². The largest absolute Gasteiger partial charge is 0.417 e. The molecule has 1 aliphatic heterocycles. The molecule has 1 amide bonds. The molecule has 4 nitrogen and oxygen atoms in total. The molecule has 0 N–H and O–H groups in total. The van der Waals surface area contributed by atoms with Crippen LogP contribution in [-0.2, 0) is 15.6 Å². The van der Waals surface area contributed by atoms with Crippen molar-refractivity contribution in [1.82, 2.24) is 4.90 Å². The predicted molar refractivity (Wildman–Crippen MR) is 105 cm³/mol. The van der Waals surface area contributed by atoms with Crippen molar-refractivity contribution >= 4 is 14.2 Å². The first-order valence-electron chi connectivity index (χ1n) is 9.13. The van der Waals surface area contributed by atoms with E-state index in [0.29, 0.717) is 6.61 Å². The molecule has 25 heavy (non-hydrogen) atoms. The zero-order chi connectivity index (χ0) is 18.8. The zero-order valence-corrected chi connectivity index (χ0v) is 17.8. The number of hydrogen-bond donors (Lipinski definition) is 0. The van der Waals surface area contributed by atoms with Crippen LogP contribution in [0.2, 0.25) is 18.1 Å². The highest BCUT2D eigenvalue weighted by atomic mass is 28.4. The van der Waals surface area contributed by atoms with Gasteiger partial charge in [0, 0.05) is 26.3 Å². The number of fused-ring (bicyclic) bond motifs is 1. The zero-order valence-electron chi connectivity index (χ0n) is 16.8. The fourth-order valence-corrected chi connectivity index (χ4v) is 3.87. The van der Waals surface area contributed by atoms with Crippen LogP contribution in [0.4, 0.5) is 0 Å². The highest BCUT2D eigenvalue weighted by Crippen LogP contribution is 2.37. The van der Waals surface area contributed by atoms with E-state index in [4.69, 9.17) is 9.16 Å². The summed E-state index contributed by atoms with van der Waals surface area (Å²) >= 11 is 0. The van der Waals surface area contributed by atoms with Gasteiger partial charge in [0.25, 0.3) is 5.91 Å². The molecule has 0 radical (unpaired) electrons. The lowest BCUT2D eigenvalue weighted by Crippen LogP contribution is -2.41. The summed E-state index contributed by atoms with van der Waals surface area (Å²) in [4.78, 5) is 13.8. The second kappa shape index (κ2) is 7.60. The Morgan fingerprint density at radius 1 is 1.32 bits per heavy atom. The molecule has 0 aliphatic carbocycles. The number of carbonyl (C=O) groups excluding carboxylic acids is 1. The summed E-state index contributed by atoms with van der Waals surface area (Å²) in [5.74, 6) is 0.0482. The maximum atomic E-state index is 12.2. The molecule has 140 valence electrons. The summed E-state index contributed by atoms with van der Waals surface area (Å²) in [7, 11) is 1.84. The summed E-state index contributed by atoms with van der Waals surface area (Å²) in [6.07, 6.45) is 1.79. The van der Waals surface area contributed by atoms with E-state index in [1.54, 1.807) is 19.0 Å². The van der Waals surface area contributed by atoms with E-state index in [9.17, 15) is 4.79 Å². The lowest BCUT2D eigenvalue weighted by atomic mass is 9.93. The van der Waals surface area contributed by atoms with Gasteiger partial charge in [-0.05, 0) is 54.2 Å². The molecule has 1 atom stereocenters. The van der Waals surface area contributed by atoms with Gasteiger partial charge < -0.3 is 14.1 Å². The van der Waals surface area contributed by atoms with Crippen molar-refractivity contribution < 1.29 is 14.0 Å². The molecule has 0 fully saturated rings. The van der Waals surface area contributed by atoms with Crippen molar-refractivity contribution in [2.45, 2.75) is 57.8 Å². The van der Waals surface area contributed by atoms with E-state index in [-0.39, 0.29) is 17.0 Å². The molecular weight excluding hydrogens is 330 g/mol. The Balaban J connectivity index is 2.06. The second-order valence-corrected chi connectivity index (χ2v) is 13.4. The van der Waals surface area contributed by atoms with Gasteiger partial charge in [-0.1, -0.05) is 26.8 Å². The third-order valence-corrected chi connectivity index (χ3v) is 10.0.